The minimum atomic E-state index is -3.37. The number of nitrogens with one attached hydrogen (secondary N) is 2. The van der Waals surface area contributed by atoms with Crippen LogP contribution in [0.15, 0.2) is 42.5 Å². The van der Waals surface area contributed by atoms with Crippen molar-refractivity contribution in [2.45, 2.75) is 25.8 Å². The van der Waals surface area contributed by atoms with Gasteiger partial charge in [-0.3, -0.25) is 13.9 Å². The van der Waals surface area contributed by atoms with E-state index in [0.717, 1.165) is 5.56 Å². The number of hydrogen-bond donors (Lipinski definition) is 2. The van der Waals surface area contributed by atoms with Gasteiger partial charge in [0.2, 0.25) is 15.9 Å². The van der Waals surface area contributed by atoms with Crippen LogP contribution < -0.4 is 14.9 Å². The molecule has 3 rings (SSSR count). The van der Waals surface area contributed by atoms with Crippen LogP contribution in [0, 0.1) is 0 Å². The molecule has 0 bridgehead atoms. The van der Waals surface area contributed by atoms with Gasteiger partial charge in [0.25, 0.3) is 5.91 Å². The van der Waals surface area contributed by atoms with Crippen LogP contribution in [0.5, 0.6) is 0 Å². The minimum absolute atomic E-state index is 0.144. The molecule has 0 spiro atoms. The Balaban J connectivity index is 1.84. The Morgan fingerprint density at radius 1 is 1.18 bits per heavy atom. The Labute approximate surface area is 164 Å². The van der Waals surface area contributed by atoms with E-state index in [1.165, 1.54) is 10.6 Å². The molecule has 2 aromatic rings. The Bertz CT molecular complexity index is 1030. The van der Waals surface area contributed by atoms with E-state index in [0.29, 0.717) is 28.9 Å². The third-order valence-electron chi connectivity index (χ3n) is 4.75. The second kappa shape index (κ2) is 7.63. The van der Waals surface area contributed by atoms with Gasteiger partial charge in [-0.05, 0) is 48.7 Å². The van der Waals surface area contributed by atoms with Crippen molar-refractivity contribution in [1.82, 2.24) is 5.32 Å². The summed E-state index contributed by atoms with van der Waals surface area (Å²) in [6, 6.07) is 12.0. The van der Waals surface area contributed by atoms with E-state index >= 15 is 0 Å². The van der Waals surface area contributed by atoms with Crippen LogP contribution in [0.3, 0.4) is 0 Å². The molecular formula is C20H23N3O4S. The molecule has 2 N–H and O–H groups in total. The van der Waals surface area contributed by atoms with Crippen LogP contribution in [0.1, 0.15) is 28.4 Å². The lowest BCUT2D eigenvalue weighted by molar-refractivity contribution is -0.119. The summed E-state index contributed by atoms with van der Waals surface area (Å²) in [5.41, 5.74) is 3.17. The number of fused-ring (bicyclic) bond motifs is 1. The van der Waals surface area contributed by atoms with Gasteiger partial charge >= 0.3 is 0 Å². The molecule has 1 heterocycles. The predicted molar refractivity (Wildman–Crippen MR) is 109 cm³/mol. The van der Waals surface area contributed by atoms with E-state index in [4.69, 9.17) is 0 Å². The molecule has 0 radical (unpaired) electrons. The average Bonchev–Trinajstić information content (AvgIpc) is 2.98. The highest BCUT2D eigenvalue weighted by Crippen LogP contribution is 2.34. The van der Waals surface area contributed by atoms with Gasteiger partial charge in [-0.1, -0.05) is 18.2 Å². The van der Waals surface area contributed by atoms with Crippen molar-refractivity contribution in [3.8, 4) is 0 Å². The first-order valence-corrected chi connectivity index (χ1v) is 10.8. The van der Waals surface area contributed by atoms with E-state index in [9.17, 15) is 18.0 Å². The average molecular weight is 401 g/mol. The van der Waals surface area contributed by atoms with Crippen molar-refractivity contribution in [2.24, 2.45) is 0 Å². The zero-order valence-corrected chi connectivity index (χ0v) is 16.8. The van der Waals surface area contributed by atoms with Crippen molar-refractivity contribution in [3.05, 3.63) is 59.2 Å². The molecule has 0 saturated carbocycles. The largest absolute Gasteiger partial charge is 0.359 e. The Morgan fingerprint density at radius 3 is 2.57 bits per heavy atom. The number of likely N-dealkylation sites (N-methyl/N-ethyl adjacent to an activating group) is 1. The fourth-order valence-electron chi connectivity index (χ4n) is 3.50. The minimum Gasteiger partial charge on any atom is -0.359 e. The van der Waals surface area contributed by atoms with Crippen molar-refractivity contribution >= 4 is 33.2 Å². The summed E-state index contributed by atoms with van der Waals surface area (Å²) in [4.78, 5) is 24.4. The van der Waals surface area contributed by atoms with E-state index < -0.39 is 10.0 Å². The van der Waals surface area contributed by atoms with Gasteiger partial charge in [0, 0.05) is 24.3 Å². The molecule has 0 aromatic heterocycles. The highest BCUT2D eigenvalue weighted by molar-refractivity contribution is 7.92. The van der Waals surface area contributed by atoms with Gasteiger partial charge in [-0.15, -0.1) is 0 Å². The lowest BCUT2D eigenvalue weighted by Crippen LogP contribution is -2.34. The highest BCUT2D eigenvalue weighted by Gasteiger charge is 2.32. The van der Waals surface area contributed by atoms with Gasteiger partial charge in [-0.2, -0.15) is 0 Å². The molecule has 2 amide bonds. The maximum absolute atomic E-state index is 12.7. The van der Waals surface area contributed by atoms with Gasteiger partial charge in [0.1, 0.15) is 0 Å². The summed E-state index contributed by atoms with van der Waals surface area (Å²) in [5, 5.41) is 5.42. The Hall–Kier alpha value is -2.87. The van der Waals surface area contributed by atoms with Crippen LogP contribution in [0.25, 0.3) is 0 Å². The van der Waals surface area contributed by atoms with Crippen molar-refractivity contribution in [1.29, 1.82) is 0 Å². The smallest absolute Gasteiger partial charge is 0.255 e. The molecule has 1 unspecified atom stereocenters. The van der Waals surface area contributed by atoms with E-state index in [2.05, 4.69) is 10.6 Å². The molecule has 0 aliphatic carbocycles. The molecule has 7 nitrogen and oxygen atoms in total. The fraction of sp³-hybridized carbons (Fsp3) is 0.300. The van der Waals surface area contributed by atoms with Crippen LogP contribution in [-0.2, 0) is 27.7 Å². The number of hydrogen-bond acceptors (Lipinski definition) is 4. The molecule has 1 aliphatic heterocycles. The van der Waals surface area contributed by atoms with Gasteiger partial charge in [0.05, 0.1) is 18.4 Å². The normalized spacial score (nSPS) is 15.8. The van der Waals surface area contributed by atoms with Crippen LogP contribution in [0.2, 0.25) is 0 Å². The molecule has 0 fully saturated rings. The molecule has 0 saturated heterocycles. The molecule has 8 heteroatoms. The summed E-state index contributed by atoms with van der Waals surface area (Å²) >= 11 is 0. The monoisotopic (exact) mass is 401 g/mol. The Morgan fingerprint density at radius 2 is 1.89 bits per heavy atom. The number of anilines is 2. The highest BCUT2D eigenvalue weighted by atomic mass is 32.2. The quantitative estimate of drug-likeness (QED) is 0.800. The molecule has 148 valence electrons. The summed E-state index contributed by atoms with van der Waals surface area (Å²) in [5.74, 6) is -0.452. The number of carbonyl (C=O) groups is 2. The van der Waals surface area contributed by atoms with Crippen LogP contribution in [-0.4, -0.2) is 39.6 Å². The summed E-state index contributed by atoms with van der Waals surface area (Å²) in [6.07, 6.45) is 1.90. The van der Waals surface area contributed by atoms with Crippen molar-refractivity contribution in [2.75, 3.05) is 22.9 Å². The molecular weight excluding hydrogens is 378 g/mol. The third-order valence-corrected chi connectivity index (χ3v) is 6.02. The van der Waals surface area contributed by atoms with Crippen molar-refractivity contribution < 1.29 is 18.0 Å². The number of sulfonamides is 1. The number of rotatable bonds is 5. The summed E-state index contributed by atoms with van der Waals surface area (Å²) in [7, 11) is -1.81. The van der Waals surface area contributed by atoms with Crippen LogP contribution in [0.4, 0.5) is 11.4 Å². The summed E-state index contributed by atoms with van der Waals surface area (Å²) in [6.45, 7) is 1.84. The molecule has 1 aliphatic rings. The number of carbonyl (C=O) groups excluding carboxylic acids is 2. The third kappa shape index (κ3) is 4.01. The second-order valence-corrected chi connectivity index (χ2v) is 8.78. The standard InChI is InChI=1S/C20H23N3O4S/c1-13-10-16-11-15(8-9-18(16)23(13)28(3,26)27)20(25)22-17-7-5-4-6-14(17)12-19(24)21-2/h4-9,11,13H,10,12H2,1-3H3,(H,21,24)(H,22,25). The number of benzene rings is 2. The maximum Gasteiger partial charge on any atom is 0.255 e. The zero-order chi connectivity index (χ0) is 20.5. The number of amides is 2. The van der Waals surface area contributed by atoms with E-state index in [-0.39, 0.29) is 24.3 Å². The number of para-hydroxylation sites is 1. The first kappa shape index (κ1) is 19.9. The lowest BCUT2D eigenvalue weighted by atomic mass is 10.1. The van der Waals surface area contributed by atoms with E-state index in [1.54, 1.807) is 43.4 Å². The first-order chi connectivity index (χ1) is 13.2. The predicted octanol–water partition coefficient (Wildman–Crippen LogP) is 1.94. The number of nitrogens with zero attached hydrogens (tertiary/aromatic N) is 1. The SMILES string of the molecule is CNC(=O)Cc1ccccc1NC(=O)c1ccc2c(c1)CC(C)N2S(C)(=O)=O. The fourth-order valence-corrected chi connectivity index (χ4v) is 4.77. The zero-order valence-electron chi connectivity index (χ0n) is 16.0. The first-order valence-electron chi connectivity index (χ1n) is 8.93. The second-order valence-electron chi connectivity index (χ2n) is 6.92. The Kier molecular flexibility index (Phi) is 5.42. The van der Waals surface area contributed by atoms with E-state index in [1.807, 2.05) is 13.0 Å². The molecule has 1 atom stereocenters. The summed E-state index contributed by atoms with van der Waals surface area (Å²) < 4.78 is 25.5. The van der Waals surface area contributed by atoms with Crippen LogP contribution >= 0.6 is 0 Å². The maximum atomic E-state index is 12.7. The van der Waals surface area contributed by atoms with Gasteiger partial charge in [-0.25, -0.2) is 8.42 Å². The van der Waals surface area contributed by atoms with Gasteiger partial charge < -0.3 is 10.6 Å². The van der Waals surface area contributed by atoms with Crippen molar-refractivity contribution in [3.63, 3.8) is 0 Å². The molecule has 28 heavy (non-hydrogen) atoms. The topological polar surface area (TPSA) is 95.6 Å². The lowest BCUT2D eigenvalue weighted by Gasteiger charge is -2.21. The van der Waals surface area contributed by atoms with Gasteiger partial charge in [0.15, 0.2) is 0 Å². The molecule has 2 aromatic carbocycles.